The zero-order valence-electron chi connectivity index (χ0n) is 10.4. The predicted molar refractivity (Wildman–Crippen MR) is 74.4 cm³/mol. The van der Waals surface area contributed by atoms with Gasteiger partial charge in [0.15, 0.2) is 0 Å². The predicted octanol–water partition coefficient (Wildman–Crippen LogP) is 2.88. The standard InChI is InChI=1S/C13H15BrN4O/c14-9-4-5-11(16-7-9)12-17-13(19-18-12)8-2-1-3-10(15)6-8/h4-5,7-8,10H,1-3,6,15H2. The largest absolute Gasteiger partial charge is 0.339 e. The molecule has 0 radical (unpaired) electrons. The molecule has 19 heavy (non-hydrogen) atoms. The zero-order chi connectivity index (χ0) is 13.2. The van der Waals surface area contributed by atoms with Crippen LogP contribution < -0.4 is 5.73 Å². The second kappa shape index (κ2) is 5.38. The summed E-state index contributed by atoms with van der Waals surface area (Å²) < 4.78 is 6.30. The van der Waals surface area contributed by atoms with Crippen molar-refractivity contribution < 1.29 is 4.52 Å². The van der Waals surface area contributed by atoms with E-state index in [1.54, 1.807) is 6.20 Å². The van der Waals surface area contributed by atoms with E-state index in [9.17, 15) is 0 Å². The summed E-state index contributed by atoms with van der Waals surface area (Å²) in [5, 5.41) is 4.01. The summed E-state index contributed by atoms with van der Waals surface area (Å²) in [6, 6.07) is 4.03. The molecule has 6 heteroatoms. The van der Waals surface area contributed by atoms with Gasteiger partial charge in [0.25, 0.3) is 0 Å². The van der Waals surface area contributed by atoms with Gasteiger partial charge in [0.2, 0.25) is 11.7 Å². The van der Waals surface area contributed by atoms with Crippen LogP contribution in [-0.4, -0.2) is 21.2 Å². The van der Waals surface area contributed by atoms with Crippen LogP contribution >= 0.6 is 15.9 Å². The molecular formula is C13H15BrN4O. The van der Waals surface area contributed by atoms with Gasteiger partial charge in [-0.2, -0.15) is 4.98 Å². The van der Waals surface area contributed by atoms with E-state index in [-0.39, 0.29) is 6.04 Å². The van der Waals surface area contributed by atoms with Crippen molar-refractivity contribution in [3.05, 3.63) is 28.7 Å². The van der Waals surface area contributed by atoms with Gasteiger partial charge < -0.3 is 10.3 Å². The van der Waals surface area contributed by atoms with Gasteiger partial charge in [0, 0.05) is 22.6 Å². The molecule has 0 amide bonds. The lowest BCUT2D eigenvalue weighted by Crippen LogP contribution is -2.26. The van der Waals surface area contributed by atoms with Gasteiger partial charge in [-0.05, 0) is 47.3 Å². The third-order valence-corrected chi connectivity index (χ3v) is 3.93. The quantitative estimate of drug-likeness (QED) is 0.919. The van der Waals surface area contributed by atoms with Crippen LogP contribution in [0.3, 0.4) is 0 Å². The van der Waals surface area contributed by atoms with E-state index >= 15 is 0 Å². The Balaban J connectivity index is 1.81. The smallest absolute Gasteiger partial charge is 0.230 e. The van der Waals surface area contributed by atoms with Gasteiger partial charge >= 0.3 is 0 Å². The van der Waals surface area contributed by atoms with Gasteiger partial charge in [-0.3, -0.25) is 4.98 Å². The average Bonchev–Trinajstić information content (AvgIpc) is 2.89. The summed E-state index contributed by atoms with van der Waals surface area (Å²) in [5.74, 6) is 1.52. The lowest BCUT2D eigenvalue weighted by Gasteiger charge is -2.23. The SMILES string of the molecule is NC1CCCC(c2nc(-c3ccc(Br)cn3)no2)C1. The molecule has 1 saturated carbocycles. The summed E-state index contributed by atoms with van der Waals surface area (Å²) in [4.78, 5) is 8.72. The molecule has 2 atom stereocenters. The van der Waals surface area contributed by atoms with E-state index in [1.807, 2.05) is 12.1 Å². The lowest BCUT2D eigenvalue weighted by atomic mass is 9.86. The number of rotatable bonds is 2. The molecule has 0 bridgehead atoms. The van der Waals surface area contributed by atoms with Crippen molar-refractivity contribution in [1.82, 2.24) is 15.1 Å². The first-order valence-electron chi connectivity index (χ1n) is 6.43. The van der Waals surface area contributed by atoms with E-state index in [0.29, 0.717) is 17.6 Å². The molecule has 100 valence electrons. The third kappa shape index (κ3) is 2.84. The van der Waals surface area contributed by atoms with Gasteiger partial charge in [0.05, 0.1) is 0 Å². The molecule has 1 fully saturated rings. The van der Waals surface area contributed by atoms with E-state index in [4.69, 9.17) is 10.3 Å². The van der Waals surface area contributed by atoms with Crippen LogP contribution in [0.2, 0.25) is 0 Å². The Hall–Kier alpha value is -1.27. The number of hydrogen-bond acceptors (Lipinski definition) is 5. The van der Waals surface area contributed by atoms with E-state index < -0.39 is 0 Å². The Morgan fingerprint density at radius 1 is 1.32 bits per heavy atom. The van der Waals surface area contributed by atoms with Crippen molar-refractivity contribution in [3.63, 3.8) is 0 Å². The zero-order valence-corrected chi connectivity index (χ0v) is 12.0. The lowest BCUT2D eigenvalue weighted by molar-refractivity contribution is 0.299. The second-order valence-corrected chi connectivity index (χ2v) is 5.86. The maximum Gasteiger partial charge on any atom is 0.230 e. The minimum Gasteiger partial charge on any atom is -0.339 e. The molecule has 3 rings (SSSR count). The van der Waals surface area contributed by atoms with Crippen molar-refractivity contribution in [1.29, 1.82) is 0 Å². The van der Waals surface area contributed by atoms with E-state index in [1.165, 1.54) is 0 Å². The molecule has 0 spiro atoms. The number of halogens is 1. The van der Waals surface area contributed by atoms with Crippen molar-refractivity contribution >= 4 is 15.9 Å². The molecule has 2 aromatic rings. The number of aromatic nitrogens is 3. The van der Waals surface area contributed by atoms with Gasteiger partial charge in [-0.1, -0.05) is 11.6 Å². The van der Waals surface area contributed by atoms with Crippen LogP contribution in [0, 0.1) is 0 Å². The molecule has 2 heterocycles. The first-order chi connectivity index (χ1) is 9.22. The van der Waals surface area contributed by atoms with Crippen LogP contribution in [0.1, 0.15) is 37.5 Å². The highest BCUT2D eigenvalue weighted by atomic mass is 79.9. The summed E-state index contributed by atoms with van der Waals surface area (Å²) in [6.07, 6.45) is 5.94. The fourth-order valence-corrected chi connectivity index (χ4v) is 2.70. The number of pyridine rings is 1. The van der Waals surface area contributed by atoms with Crippen LogP contribution in [0.5, 0.6) is 0 Å². The van der Waals surface area contributed by atoms with Crippen molar-refractivity contribution in [2.24, 2.45) is 5.73 Å². The maximum atomic E-state index is 5.99. The molecular weight excluding hydrogens is 308 g/mol. The molecule has 5 nitrogen and oxygen atoms in total. The molecule has 0 aliphatic heterocycles. The Bertz CT molecular complexity index is 554. The number of nitrogens with zero attached hydrogens (tertiary/aromatic N) is 3. The summed E-state index contributed by atoms with van der Waals surface area (Å²) >= 11 is 3.35. The van der Waals surface area contributed by atoms with Gasteiger partial charge in [-0.15, -0.1) is 0 Å². The molecule has 2 N–H and O–H groups in total. The molecule has 0 saturated heterocycles. The van der Waals surface area contributed by atoms with Crippen molar-refractivity contribution in [3.8, 4) is 11.5 Å². The Kier molecular flexibility index (Phi) is 3.61. The molecule has 0 aromatic carbocycles. The first-order valence-corrected chi connectivity index (χ1v) is 7.23. The third-order valence-electron chi connectivity index (χ3n) is 3.46. The maximum absolute atomic E-state index is 5.99. The second-order valence-electron chi connectivity index (χ2n) is 4.94. The van der Waals surface area contributed by atoms with Gasteiger partial charge in [-0.25, -0.2) is 0 Å². The summed E-state index contributed by atoms with van der Waals surface area (Å²) in [5.41, 5.74) is 6.71. The Morgan fingerprint density at radius 3 is 2.95 bits per heavy atom. The highest BCUT2D eigenvalue weighted by molar-refractivity contribution is 9.10. The highest BCUT2D eigenvalue weighted by Gasteiger charge is 2.25. The molecule has 1 aliphatic carbocycles. The first kappa shape index (κ1) is 12.7. The molecule has 1 aliphatic rings. The fourth-order valence-electron chi connectivity index (χ4n) is 2.47. The summed E-state index contributed by atoms with van der Waals surface area (Å²) in [7, 11) is 0. The minimum absolute atomic E-state index is 0.250. The number of nitrogens with two attached hydrogens (primary N) is 1. The summed E-state index contributed by atoms with van der Waals surface area (Å²) in [6.45, 7) is 0. The van der Waals surface area contributed by atoms with Crippen molar-refractivity contribution in [2.75, 3.05) is 0 Å². The van der Waals surface area contributed by atoms with E-state index in [2.05, 4.69) is 31.1 Å². The van der Waals surface area contributed by atoms with Crippen LogP contribution in [0.25, 0.3) is 11.5 Å². The topological polar surface area (TPSA) is 77.8 Å². The fraction of sp³-hybridized carbons (Fsp3) is 0.462. The van der Waals surface area contributed by atoms with Crippen LogP contribution in [0.15, 0.2) is 27.3 Å². The van der Waals surface area contributed by atoms with Crippen LogP contribution in [-0.2, 0) is 0 Å². The Morgan fingerprint density at radius 2 is 2.21 bits per heavy atom. The highest BCUT2D eigenvalue weighted by Crippen LogP contribution is 2.31. The van der Waals surface area contributed by atoms with Gasteiger partial charge in [0.1, 0.15) is 5.69 Å². The average molecular weight is 323 g/mol. The van der Waals surface area contributed by atoms with Crippen molar-refractivity contribution in [2.45, 2.75) is 37.6 Å². The minimum atomic E-state index is 0.250. The monoisotopic (exact) mass is 322 g/mol. The number of hydrogen-bond donors (Lipinski definition) is 1. The molecule has 2 aromatic heterocycles. The normalized spacial score (nSPS) is 23.5. The Labute approximate surface area is 119 Å². The van der Waals surface area contributed by atoms with Crippen LogP contribution in [0.4, 0.5) is 0 Å². The van der Waals surface area contributed by atoms with E-state index in [0.717, 1.165) is 35.8 Å². The molecule has 2 unspecified atom stereocenters.